The number of aromatic nitrogens is 4. The van der Waals surface area contributed by atoms with Gasteiger partial charge in [0.2, 0.25) is 0 Å². The Morgan fingerprint density at radius 2 is 0.871 bits per heavy atom. The lowest BCUT2D eigenvalue weighted by Gasteiger charge is -2.15. The molecule has 0 atom stereocenters. The molecule has 0 aliphatic heterocycles. The van der Waals surface area contributed by atoms with Crippen LogP contribution in [0.1, 0.15) is 0 Å². The third-order valence-corrected chi connectivity index (χ3v) is 13.0. The zero-order chi connectivity index (χ0) is 41.0. The number of benzene rings is 9. The second-order valence-electron chi connectivity index (χ2n) is 15.6. The minimum Gasteiger partial charge on any atom is -0.309 e. The molecule has 0 saturated heterocycles. The average molecular weight is 809 g/mol. The number of para-hydroxylation sites is 3. The van der Waals surface area contributed by atoms with E-state index in [9.17, 15) is 0 Å². The van der Waals surface area contributed by atoms with E-state index in [4.69, 9.17) is 15.0 Å². The van der Waals surface area contributed by atoms with E-state index in [2.05, 4.69) is 199 Å². The maximum Gasteiger partial charge on any atom is 0.164 e. The Bertz CT molecular complexity index is 3630. The van der Waals surface area contributed by atoms with Crippen LogP contribution in [0.4, 0.5) is 0 Å². The van der Waals surface area contributed by atoms with Crippen LogP contribution >= 0.6 is 11.3 Å². The highest BCUT2D eigenvalue weighted by atomic mass is 32.1. The van der Waals surface area contributed by atoms with Gasteiger partial charge in [-0.15, -0.1) is 11.3 Å². The van der Waals surface area contributed by atoms with Crippen molar-refractivity contribution in [3.63, 3.8) is 0 Å². The maximum absolute atomic E-state index is 5.13. The number of nitrogens with zero attached hydrogens (tertiary/aromatic N) is 4. The van der Waals surface area contributed by atoms with Gasteiger partial charge in [-0.25, -0.2) is 15.0 Å². The molecule has 0 aliphatic carbocycles. The van der Waals surface area contributed by atoms with Crippen LogP contribution in [0.2, 0.25) is 0 Å². The summed E-state index contributed by atoms with van der Waals surface area (Å²) in [5.74, 6) is 1.94. The van der Waals surface area contributed by atoms with Crippen molar-refractivity contribution in [2.75, 3.05) is 0 Å². The lowest BCUT2D eigenvalue weighted by molar-refractivity contribution is 1.07. The molecule has 62 heavy (non-hydrogen) atoms. The molecule has 4 nitrogen and oxygen atoms in total. The maximum atomic E-state index is 5.13. The number of rotatable bonds is 7. The van der Waals surface area contributed by atoms with Gasteiger partial charge in [0.1, 0.15) is 0 Å². The van der Waals surface area contributed by atoms with Crippen molar-refractivity contribution >= 4 is 53.3 Å². The lowest BCUT2D eigenvalue weighted by Crippen LogP contribution is -2.00. The fourth-order valence-corrected chi connectivity index (χ4v) is 10.1. The van der Waals surface area contributed by atoms with Crippen LogP contribution in [0.3, 0.4) is 0 Å². The summed E-state index contributed by atoms with van der Waals surface area (Å²) in [5, 5.41) is 4.94. The Labute approximate surface area is 362 Å². The molecule has 3 heterocycles. The molecule has 0 N–H and O–H groups in total. The summed E-state index contributed by atoms with van der Waals surface area (Å²) in [6.07, 6.45) is 0. The van der Waals surface area contributed by atoms with Crippen molar-refractivity contribution in [2.24, 2.45) is 0 Å². The molecule has 0 bridgehead atoms. The molecule has 0 saturated carbocycles. The lowest BCUT2D eigenvalue weighted by atomic mass is 9.92. The van der Waals surface area contributed by atoms with Crippen molar-refractivity contribution in [1.29, 1.82) is 0 Å². The highest BCUT2D eigenvalue weighted by molar-refractivity contribution is 7.25. The molecule has 0 spiro atoms. The van der Waals surface area contributed by atoms with Crippen LogP contribution in [0, 0.1) is 0 Å². The Balaban J connectivity index is 0.972. The van der Waals surface area contributed by atoms with Gasteiger partial charge in [0.05, 0.1) is 11.0 Å². The monoisotopic (exact) mass is 808 g/mol. The predicted octanol–water partition coefficient (Wildman–Crippen LogP) is 15.3. The van der Waals surface area contributed by atoms with E-state index in [1.54, 1.807) is 11.3 Å². The Morgan fingerprint density at radius 3 is 1.66 bits per heavy atom. The van der Waals surface area contributed by atoms with E-state index in [-0.39, 0.29) is 0 Å². The number of thiophene rings is 1. The summed E-state index contributed by atoms with van der Waals surface area (Å²) in [5.41, 5.74) is 13.5. The van der Waals surface area contributed by atoms with E-state index < -0.39 is 0 Å². The third kappa shape index (κ3) is 6.18. The van der Waals surface area contributed by atoms with Crippen LogP contribution in [-0.4, -0.2) is 19.5 Å². The molecule has 290 valence electrons. The number of hydrogen-bond donors (Lipinski definition) is 0. The van der Waals surface area contributed by atoms with Crippen LogP contribution < -0.4 is 0 Å². The Morgan fingerprint density at radius 1 is 0.306 bits per heavy atom. The Hall–Kier alpha value is -7.99. The molecule has 9 aromatic carbocycles. The van der Waals surface area contributed by atoms with Crippen LogP contribution in [0.5, 0.6) is 0 Å². The minimum atomic E-state index is 0.645. The average Bonchev–Trinajstić information content (AvgIpc) is 3.90. The van der Waals surface area contributed by atoms with Gasteiger partial charge in [0, 0.05) is 58.9 Å². The molecule has 12 aromatic rings. The summed E-state index contributed by atoms with van der Waals surface area (Å²) in [7, 11) is 0. The van der Waals surface area contributed by atoms with Crippen molar-refractivity contribution < 1.29 is 0 Å². The molecular formula is C57H36N4S. The van der Waals surface area contributed by atoms with Crippen molar-refractivity contribution in [3.05, 3.63) is 218 Å². The van der Waals surface area contributed by atoms with E-state index >= 15 is 0 Å². The fraction of sp³-hybridized carbons (Fsp3) is 0. The van der Waals surface area contributed by atoms with Gasteiger partial charge < -0.3 is 4.57 Å². The molecule has 0 unspecified atom stereocenters. The molecule has 3 aromatic heterocycles. The predicted molar refractivity (Wildman–Crippen MR) is 260 cm³/mol. The highest BCUT2D eigenvalue weighted by Crippen LogP contribution is 2.44. The van der Waals surface area contributed by atoms with Gasteiger partial charge in [-0.3, -0.25) is 0 Å². The van der Waals surface area contributed by atoms with E-state index in [1.165, 1.54) is 64.2 Å². The normalized spacial score (nSPS) is 11.5. The molecule has 0 fully saturated rings. The fourth-order valence-electron chi connectivity index (χ4n) is 8.95. The van der Waals surface area contributed by atoms with Crippen LogP contribution in [0.25, 0.3) is 115 Å². The summed E-state index contributed by atoms with van der Waals surface area (Å²) < 4.78 is 4.85. The molecular weight excluding hydrogens is 773 g/mol. The summed E-state index contributed by atoms with van der Waals surface area (Å²) in [4.78, 5) is 15.2. The van der Waals surface area contributed by atoms with Gasteiger partial charge >= 0.3 is 0 Å². The van der Waals surface area contributed by atoms with Crippen LogP contribution in [-0.2, 0) is 0 Å². The van der Waals surface area contributed by atoms with Gasteiger partial charge in [-0.1, -0.05) is 176 Å². The standard InChI is InChI=1S/C57H36N4S/c1-4-16-37(17-5-1)39-20-14-21-41(34-39)56-58-55(38-18-6-2-7-19-38)59-57(60-56)42-30-32-47-50-35-40(31-33-52(50)62-53(47)36-42)44-24-10-11-25-45(44)48-27-15-28-49-46-26-12-13-29-51(46)61(54(48)49)43-22-8-3-9-23-43/h1-36H. The van der Waals surface area contributed by atoms with E-state index in [1.807, 2.05) is 24.3 Å². The highest BCUT2D eigenvalue weighted by Gasteiger charge is 2.20. The molecule has 12 rings (SSSR count). The first-order valence-electron chi connectivity index (χ1n) is 20.8. The van der Waals surface area contributed by atoms with E-state index in [0.29, 0.717) is 17.5 Å². The second kappa shape index (κ2) is 14.9. The molecule has 0 amide bonds. The first-order valence-corrected chi connectivity index (χ1v) is 21.7. The quantitative estimate of drug-likeness (QED) is 0.161. The van der Waals surface area contributed by atoms with Gasteiger partial charge in [0.15, 0.2) is 17.5 Å². The van der Waals surface area contributed by atoms with Gasteiger partial charge in [0.25, 0.3) is 0 Å². The molecule has 5 heteroatoms. The largest absolute Gasteiger partial charge is 0.309 e. The topological polar surface area (TPSA) is 43.6 Å². The summed E-state index contributed by atoms with van der Waals surface area (Å²) in [6.45, 7) is 0. The molecule has 0 aliphatic rings. The zero-order valence-electron chi connectivity index (χ0n) is 33.5. The van der Waals surface area contributed by atoms with E-state index in [0.717, 1.165) is 33.5 Å². The smallest absolute Gasteiger partial charge is 0.164 e. The number of fused-ring (bicyclic) bond motifs is 6. The second-order valence-corrected chi connectivity index (χ2v) is 16.7. The van der Waals surface area contributed by atoms with Crippen molar-refractivity contribution in [3.8, 4) is 73.2 Å². The van der Waals surface area contributed by atoms with Gasteiger partial charge in [-0.2, -0.15) is 0 Å². The first kappa shape index (κ1) is 35.9. The van der Waals surface area contributed by atoms with Crippen molar-refractivity contribution in [1.82, 2.24) is 19.5 Å². The van der Waals surface area contributed by atoms with Crippen LogP contribution in [0.15, 0.2) is 218 Å². The van der Waals surface area contributed by atoms with Gasteiger partial charge in [-0.05, 0) is 70.3 Å². The number of hydrogen-bond acceptors (Lipinski definition) is 4. The summed E-state index contributed by atoms with van der Waals surface area (Å²) >= 11 is 1.81. The zero-order valence-corrected chi connectivity index (χ0v) is 34.3. The minimum absolute atomic E-state index is 0.645. The summed E-state index contributed by atoms with van der Waals surface area (Å²) in [6, 6.07) is 77.6. The third-order valence-electron chi connectivity index (χ3n) is 11.9. The SMILES string of the molecule is c1ccc(-c2cccc(-c3nc(-c4ccccc4)nc(-c4ccc5c(c4)sc4ccc(-c6ccccc6-c6cccc7c8ccccc8n(-c8ccccc8)c67)cc45)n3)c2)cc1. The van der Waals surface area contributed by atoms with Crippen molar-refractivity contribution in [2.45, 2.75) is 0 Å². The Kier molecular flexibility index (Phi) is 8.65. The molecule has 0 radical (unpaired) electrons. The first-order chi connectivity index (χ1) is 30.7.